The summed E-state index contributed by atoms with van der Waals surface area (Å²) in [6.07, 6.45) is 1.57. The van der Waals surface area contributed by atoms with Crippen LogP contribution in [0.2, 0.25) is 0 Å². The second-order valence-electron chi connectivity index (χ2n) is 6.87. The largest absolute Gasteiger partial charge is 1.00 e. The van der Waals surface area contributed by atoms with Gasteiger partial charge in [0.05, 0.1) is 12.0 Å². The molecule has 3 atom stereocenters. The summed E-state index contributed by atoms with van der Waals surface area (Å²) in [5.41, 5.74) is 1.85. The van der Waals surface area contributed by atoms with Crippen molar-refractivity contribution < 1.29 is 49.0 Å². The Balaban J connectivity index is 0.00000261. The Morgan fingerprint density at radius 1 is 1.26 bits per heavy atom. The first-order chi connectivity index (χ1) is 12.2. The second-order valence-corrected chi connectivity index (χ2v) is 8.64. The van der Waals surface area contributed by atoms with Crippen LogP contribution in [0.1, 0.15) is 26.3 Å². The Bertz CT molecular complexity index is 784. The fraction of sp³-hybridized carbons (Fsp3) is 0.389. The third-order valence-corrected chi connectivity index (χ3v) is 6.17. The Labute approximate surface area is 184 Å². The normalized spacial score (nSPS) is 25.7. The number of carboxylic acid groups (broad SMARTS) is 1. The van der Waals surface area contributed by atoms with Gasteiger partial charge >= 0.3 is 35.6 Å². The van der Waals surface area contributed by atoms with Gasteiger partial charge in [0.2, 0.25) is 5.91 Å². The van der Waals surface area contributed by atoms with Gasteiger partial charge in [-0.2, -0.15) is 0 Å². The first-order valence-corrected chi connectivity index (χ1v) is 9.10. The van der Waals surface area contributed by atoms with Gasteiger partial charge in [0.1, 0.15) is 11.4 Å². The van der Waals surface area contributed by atoms with Crippen molar-refractivity contribution in [3.8, 4) is 0 Å². The number of thioether (sulfide) groups is 1. The zero-order valence-corrected chi connectivity index (χ0v) is 18.5. The van der Waals surface area contributed by atoms with Crippen LogP contribution >= 0.6 is 11.8 Å². The van der Waals surface area contributed by atoms with Crippen LogP contribution in [0.15, 0.2) is 36.5 Å². The summed E-state index contributed by atoms with van der Waals surface area (Å²) in [7, 11) is 0. The van der Waals surface area contributed by atoms with Crippen molar-refractivity contribution in [1.29, 1.82) is 0 Å². The van der Waals surface area contributed by atoms with Gasteiger partial charge in [-0.05, 0) is 31.9 Å². The van der Waals surface area contributed by atoms with Crippen LogP contribution in [0.25, 0.3) is 5.57 Å². The first-order valence-electron chi connectivity index (χ1n) is 8.22. The summed E-state index contributed by atoms with van der Waals surface area (Å²) < 4.78 is -0.671. The fourth-order valence-electron chi connectivity index (χ4n) is 3.27. The standard InChI is InChI=1S/C18H21N3O4S.Na/c1-10(11-7-5-4-6-8-11)9-19-17(25)20-12-14(22)21-13(16(23)24)18(2,3)26-15(12)21;/h4-9,12-13,15H,1-3H3,(H,23,24)(H2,19,20,25);/q;+1/p-1/b10-9+;/t12?,13-,15?;/m0./s1. The van der Waals surface area contributed by atoms with E-state index in [2.05, 4.69) is 10.6 Å². The Morgan fingerprint density at radius 2 is 1.89 bits per heavy atom. The number of hydrogen-bond donors (Lipinski definition) is 2. The molecular weight excluding hydrogens is 377 g/mol. The SMILES string of the molecule is C/C(=C\NC(=O)NC1C(=O)N2C1SC(C)(C)[C@@H]2C(=O)[O-])c1ccccc1.[Na+]. The van der Waals surface area contributed by atoms with E-state index in [-0.39, 0.29) is 29.6 Å². The third kappa shape index (κ3) is 4.18. The van der Waals surface area contributed by atoms with Crippen LogP contribution < -0.4 is 45.3 Å². The van der Waals surface area contributed by atoms with E-state index in [0.717, 1.165) is 11.1 Å². The van der Waals surface area contributed by atoms with Crippen molar-refractivity contribution in [2.24, 2.45) is 0 Å². The molecule has 0 aromatic heterocycles. The molecule has 27 heavy (non-hydrogen) atoms. The van der Waals surface area contributed by atoms with Crippen LogP contribution in [-0.4, -0.2) is 45.0 Å². The molecule has 7 nitrogen and oxygen atoms in total. The predicted molar refractivity (Wildman–Crippen MR) is 96.6 cm³/mol. The van der Waals surface area contributed by atoms with Crippen LogP contribution in [0, 0.1) is 0 Å². The minimum atomic E-state index is -1.28. The number of fused-ring (bicyclic) bond motifs is 1. The third-order valence-electron chi connectivity index (χ3n) is 4.60. The smallest absolute Gasteiger partial charge is 0.548 e. The van der Waals surface area contributed by atoms with Gasteiger partial charge in [0.15, 0.2) is 0 Å². The Morgan fingerprint density at radius 3 is 2.48 bits per heavy atom. The van der Waals surface area contributed by atoms with Crippen molar-refractivity contribution >= 4 is 35.2 Å². The molecule has 0 saturated carbocycles. The number of benzene rings is 1. The number of rotatable bonds is 4. The summed E-state index contributed by atoms with van der Waals surface area (Å²) in [5.74, 6) is -1.68. The van der Waals surface area contributed by atoms with Gasteiger partial charge in [-0.15, -0.1) is 11.8 Å². The van der Waals surface area contributed by atoms with Gasteiger partial charge in [-0.25, -0.2) is 4.79 Å². The molecule has 0 radical (unpaired) electrons. The number of allylic oxidation sites excluding steroid dienone is 1. The van der Waals surface area contributed by atoms with E-state index in [1.807, 2.05) is 37.3 Å². The number of hydrogen-bond acceptors (Lipinski definition) is 5. The molecular formula is C18H20N3NaO4S. The number of carbonyl (C=O) groups excluding carboxylic acids is 3. The molecule has 1 aromatic carbocycles. The van der Waals surface area contributed by atoms with Crippen LogP contribution in [0.5, 0.6) is 0 Å². The number of aliphatic carboxylic acids is 1. The summed E-state index contributed by atoms with van der Waals surface area (Å²) in [6.45, 7) is 5.38. The number of β-lactam (4-membered cyclic amide) rings is 1. The number of nitrogens with one attached hydrogen (secondary N) is 2. The van der Waals surface area contributed by atoms with Gasteiger partial charge in [0, 0.05) is 10.9 Å². The maximum absolute atomic E-state index is 12.3. The molecule has 0 aliphatic carbocycles. The number of carbonyl (C=O) groups is 3. The zero-order valence-electron chi connectivity index (χ0n) is 15.7. The molecule has 2 fully saturated rings. The van der Waals surface area contributed by atoms with Crippen molar-refractivity contribution in [2.45, 2.75) is 43.0 Å². The number of amides is 3. The maximum atomic E-state index is 12.3. The molecule has 2 aliphatic rings. The second kappa shape index (κ2) is 8.26. The molecule has 3 rings (SSSR count). The van der Waals surface area contributed by atoms with E-state index in [0.29, 0.717) is 0 Å². The molecule has 9 heteroatoms. The van der Waals surface area contributed by atoms with Gasteiger partial charge < -0.3 is 25.4 Å². The molecule has 0 spiro atoms. The fourth-order valence-corrected chi connectivity index (χ4v) is 4.89. The van der Waals surface area contributed by atoms with Crippen LogP contribution in [-0.2, 0) is 9.59 Å². The summed E-state index contributed by atoms with van der Waals surface area (Å²) in [4.78, 5) is 37.1. The minimum absolute atomic E-state index is 0. The number of nitrogens with zero attached hydrogens (tertiary/aromatic N) is 1. The quantitative estimate of drug-likeness (QED) is 0.433. The molecule has 1 aromatic rings. The van der Waals surface area contributed by atoms with Gasteiger partial charge in [-0.1, -0.05) is 30.3 Å². The number of urea groups is 1. The molecule has 0 bridgehead atoms. The molecule has 2 heterocycles. The van der Waals surface area contributed by atoms with Crippen molar-refractivity contribution in [2.75, 3.05) is 0 Å². The van der Waals surface area contributed by atoms with Crippen LogP contribution in [0.4, 0.5) is 4.79 Å². The zero-order chi connectivity index (χ0) is 19.1. The van der Waals surface area contributed by atoms with E-state index in [1.54, 1.807) is 20.0 Å². The molecule has 2 N–H and O–H groups in total. The molecule has 2 unspecified atom stereocenters. The molecule has 138 valence electrons. The van der Waals surface area contributed by atoms with E-state index in [9.17, 15) is 19.5 Å². The van der Waals surface area contributed by atoms with Gasteiger partial charge in [0.25, 0.3) is 0 Å². The Hall–Kier alpha value is -1.48. The monoisotopic (exact) mass is 397 g/mol. The summed E-state index contributed by atoms with van der Waals surface area (Å²) in [5, 5.41) is 16.2. The Kier molecular flexibility index (Phi) is 6.68. The molecule has 2 aliphatic heterocycles. The molecule has 3 amide bonds. The molecule has 2 saturated heterocycles. The maximum Gasteiger partial charge on any atom is 1.00 e. The predicted octanol–water partition coefficient (Wildman–Crippen LogP) is -2.47. The average Bonchev–Trinajstić information content (AvgIpc) is 2.86. The van der Waals surface area contributed by atoms with E-state index >= 15 is 0 Å². The first kappa shape index (κ1) is 21.8. The van der Waals surface area contributed by atoms with E-state index in [4.69, 9.17) is 0 Å². The van der Waals surface area contributed by atoms with E-state index < -0.39 is 40.1 Å². The van der Waals surface area contributed by atoms with E-state index in [1.165, 1.54) is 16.7 Å². The van der Waals surface area contributed by atoms with Gasteiger partial charge in [-0.3, -0.25) is 4.79 Å². The minimum Gasteiger partial charge on any atom is -0.548 e. The van der Waals surface area contributed by atoms with Crippen LogP contribution in [0.3, 0.4) is 0 Å². The van der Waals surface area contributed by atoms with Crippen molar-refractivity contribution in [1.82, 2.24) is 15.5 Å². The average molecular weight is 397 g/mol. The van der Waals surface area contributed by atoms with Crippen molar-refractivity contribution in [3.05, 3.63) is 42.1 Å². The number of carboxylic acids is 1. The summed E-state index contributed by atoms with van der Waals surface area (Å²) >= 11 is 1.36. The van der Waals surface area contributed by atoms with Crippen molar-refractivity contribution in [3.63, 3.8) is 0 Å². The summed E-state index contributed by atoms with van der Waals surface area (Å²) in [6, 6.07) is 7.33. The topological polar surface area (TPSA) is 102 Å².